The van der Waals surface area contributed by atoms with E-state index in [1.165, 1.54) is 102 Å². The lowest BCUT2D eigenvalue weighted by atomic mass is 9.99. The number of nitrogens with zero attached hydrogens (tertiary/aromatic N) is 1. The van der Waals surface area contributed by atoms with Crippen molar-refractivity contribution in [3.8, 4) is 0 Å². The van der Waals surface area contributed by atoms with E-state index in [0.717, 1.165) is 56.4 Å². The van der Waals surface area contributed by atoms with Crippen molar-refractivity contribution in [2.24, 2.45) is 10.3 Å². The molecule has 328 valence electrons. The molecule has 0 aliphatic rings. The standard InChI is InChI=1S/C16H32O.C15H28N2OS.C11H16.4C2H6/c1-3-4-5-6-7-8-9-10-11-12-13-14-15-16(2)17;1-4-7-9-10-12-18-15(16)14(17-19)13(6-3)11-8-5-2;1-3-10(2)9-11-7-5-4-6-8-11;4*1-2/h3-15H2,1-2H3;11,16,19H,4-10,12H2,1-3H3;4-8,10H,3,9H2,1-2H3;4*1-2H3/b;13-11+,16-15?,17-14-;;;;;. The van der Waals surface area contributed by atoms with Crippen LogP contribution in [0, 0.1) is 11.3 Å². The van der Waals surface area contributed by atoms with Crippen molar-refractivity contribution in [1.82, 2.24) is 0 Å². The van der Waals surface area contributed by atoms with E-state index in [1.807, 2.05) is 55.4 Å². The fourth-order valence-electron chi connectivity index (χ4n) is 5.13. The Morgan fingerprint density at radius 2 is 1.13 bits per heavy atom. The number of thiol groups is 1. The molecule has 5 heteroatoms. The van der Waals surface area contributed by atoms with Crippen molar-refractivity contribution in [1.29, 1.82) is 5.41 Å². The second kappa shape index (κ2) is 61.3. The van der Waals surface area contributed by atoms with Gasteiger partial charge in [-0.05, 0) is 68.9 Å². The number of ketones is 1. The zero-order valence-corrected chi connectivity index (χ0v) is 40.9. The number of benzene rings is 1. The van der Waals surface area contributed by atoms with Gasteiger partial charge in [0.1, 0.15) is 11.5 Å². The molecule has 4 nitrogen and oxygen atoms in total. The molecule has 0 spiro atoms. The number of carbonyl (C=O) groups is 1. The number of rotatable bonds is 26. The molecule has 0 saturated heterocycles. The summed E-state index contributed by atoms with van der Waals surface area (Å²) in [5.74, 6) is 1.31. The fraction of sp³-hybridized carbons (Fsp3) is 0.780. The monoisotopic (exact) mass is 793 g/mol. The number of hydrogen-bond acceptors (Lipinski definition) is 5. The number of allylic oxidation sites excluding steroid dienone is 1. The number of ether oxygens (including phenoxy) is 1. The summed E-state index contributed by atoms with van der Waals surface area (Å²) in [6.07, 6.45) is 29.3. The first-order valence-electron chi connectivity index (χ1n) is 23.5. The molecule has 1 unspecified atom stereocenters. The molecule has 1 atom stereocenters. The third-order valence-corrected chi connectivity index (χ3v) is 8.63. The SMILES string of the molecule is CC.CC.CC.CC.CCC(C)Cc1ccccc1.CCC/C=C(CC)/C(=N/S)C(=N)OCCCCCC.CCCCCCCCCCCCCCC(C)=O. The predicted molar refractivity (Wildman–Crippen MR) is 259 cm³/mol. The molecule has 1 rings (SSSR count). The fourth-order valence-corrected chi connectivity index (χ4v) is 5.35. The molecule has 0 bridgehead atoms. The van der Waals surface area contributed by atoms with E-state index < -0.39 is 0 Å². The first kappa shape index (κ1) is 65.0. The number of unbranched alkanes of at least 4 members (excludes halogenated alkanes) is 15. The zero-order chi connectivity index (χ0) is 43.4. The third-order valence-electron chi connectivity index (χ3n) is 8.43. The highest BCUT2D eigenvalue weighted by Gasteiger charge is 2.12. The van der Waals surface area contributed by atoms with Gasteiger partial charge in [0.15, 0.2) is 0 Å². The molecule has 0 heterocycles. The van der Waals surface area contributed by atoms with Gasteiger partial charge in [-0.2, -0.15) is 0 Å². The van der Waals surface area contributed by atoms with E-state index in [4.69, 9.17) is 10.1 Å². The largest absolute Gasteiger partial charge is 0.477 e. The van der Waals surface area contributed by atoms with Crippen LogP contribution in [-0.2, 0) is 16.0 Å². The highest BCUT2D eigenvalue weighted by molar-refractivity contribution is 7.79. The molecule has 0 aromatic heterocycles. The van der Waals surface area contributed by atoms with E-state index in [9.17, 15) is 4.79 Å². The van der Waals surface area contributed by atoms with Crippen molar-refractivity contribution < 1.29 is 9.53 Å². The van der Waals surface area contributed by atoms with Crippen LogP contribution in [0.15, 0.2) is 46.4 Å². The lowest BCUT2D eigenvalue weighted by Gasteiger charge is -2.11. The van der Waals surface area contributed by atoms with Gasteiger partial charge < -0.3 is 9.53 Å². The van der Waals surface area contributed by atoms with Crippen LogP contribution in [-0.4, -0.2) is 24.0 Å². The summed E-state index contributed by atoms with van der Waals surface area (Å²) < 4.78 is 9.39. The van der Waals surface area contributed by atoms with Gasteiger partial charge in [-0.25, -0.2) is 4.40 Å². The summed E-state index contributed by atoms with van der Waals surface area (Å²) >= 11 is 3.98. The minimum Gasteiger partial charge on any atom is -0.477 e. The summed E-state index contributed by atoms with van der Waals surface area (Å²) in [6.45, 7) is 31.5. The summed E-state index contributed by atoms with van der Waals surface area (Å²) in [6, 6.07) is 10.7. The number of Topliss-reactive ketones (excluding diaryl/α,β-unsaturated/α-hetero) is 1. The average molecular weight is 793 g/mol. The van der Waals surface area contributed by atoms with Crippen molar-refractivity contribution in [2.45, 2.75) is 245 Å². The van der Waals surface area contributed by atoms with Gasteiger partial charge in [0.2, 0.25) is 5.90 Å². The van der Waals surface area contributed by atoms with Gasteiger partial charge >= 0.3 is 0 Å². The number of hydrogen-bond donors (Lipinski definition) is 2. The normalized spacial score (nSPS) is 10.7. The summed E-state index contributed by atoms with van der Waals surface area (Å²) in [4.78, 5) is 10.7. The summed E-state index contributed by atoms with van der Waals surface area (Å²) in [5.41, 5.74) is 3.09. The van der Waals surface area contributed by atoms with Crippen LogP contribution >= 0.6 is 12.8 Å². The minimum atomic E-state index is 0.149. The molecular weight excluding hydrogens is 693 g/mol. The first-order valence-corrected chi connectivity index (χ1v) is 23.9. The molecular formula is C50H100N2O2S. The maximum absolute atomic E-state index is 10.7. The van der Waals surface area contributed by atoms with E-state index in [-0.39, 0.29) is 5.90 Å². The molecule has 0 fully saturated rings. The lowest BCUT2D eigenvalue weighted by molar-refractivity contribution is -0.117. The quantitative estimate of drug-likeness (QED) is 0.0425. The first-order chi connectivity index (χ1) is 26.8. The van der Waals surface area contributed by atoms with Crippen molar-refractivity contribution in [3.63, 3.8) is 0 Å². The van der Waals surface area contributed by atoms with Crippen LogP contribution < -0.4 is 0 Å². The van der Waals surface area contributed by atoms with Crippen LogP contribution in [0.5, 0.6) is 0 Å². The number of carbonyl (C=O) groups excluding carboxylic acids is 1. The highest BCUT2D eigenvalue weighted by Crippen LogP contribution is 2.13. The Morgan fingerprint density at radius 3 is 1.51 bits per heavy atom. The van der Waals surface area contributed by atoms with E-state index in [0.29, 0.717) is 18.1 Å². The highest BCUT2D eigenvalue weighted by atomic mass is 32.1. The Labute approximate surface area is 353 Å². The summed E-state index contributed by atoms with van der Waals surface area (Å²) in [7, 11) is 0. The second-order valence-corrected chi connectivity index (χ2v) is 13.3. The summed E-state index contributed by atoms with van der Waals surface area (Å²) in [5, 5.41) is 7.95. The van der Waals surface area contributed by atoms with Gasteiger partial charge in [0.05, 0.1) is 6.61 Å². The molecule has 55 heavy (non-hydrogen) atoms. The number of nitrogens with one attached hydrogen (secondary N) is 1. The zero-order valence-electron chi connectivity index (χ0n) is 40.0. The maximum Gasteiger partial charge on any atom is 0.233 e. The smallest absolute Gasteiger partial charge is 0.233 e. The third kappa shape index (κ3) is 54.3. The van der Waals surface area contributed by atoms with Gasteiger partial charge in [-0.1, -0.05) is 236 Å². The van der Waals surface area contributed by atoms with Crippen LogP contribution in [0.1, 0.15) is 244 Å². The van der Waals surface area contributed by atoms with Gasteiger partial charge in [0.25, 0.3) is 0 Å². The van der Waals surface area contributed by atoms with E-state index >= 15 is 0 Å². The molecule has 0 amide bonds. The minimum absolute atomic E-state index is 0.149. The molecule has 1 aromatic rings. The van der Waals surface area contributed by atoms with Crippen LogP contribution in [0.4, 0.5) is 0 Å². The Balaban J connectivity index is -0.000000153. The molecule has 0 saturated carbocycles. The van der Waals surface area contributed by atoms with Gasteiger partial charge in [-0.15, -0.1) is 0 Å². The van der Waals surface area contributed by atoms with Crippen LogP contribution in [0.2, 0.25) is 0 Å². The average Bonchev–Trinajstić information content (AvgIpc) is 3.23. The van der Waals surface area contributed by atoms with E-state index in [2.05, 4.69) is 95.2 Å². The van der Waals surface area contributed by atoms with Crippen molar-refractivity contribution in [2.75, 3.05) is 6.61 Å². The molecule has 0 aliphatic heterocycles. The van der Waals surface area contributed by atoms with E-state index in [1.54, 1.807) is 6.92 Å². The molecule has 1 aromatic carbocycles. The lowest BCUT2D eigenvalue weighted by Crippen LogP contribution is -2.19. The van der Waals surface area contributed by atoms with Crippen molar-refractivity contribution in [3.05, 3.63) is 47.5 Å². The van der Waals surface area contributed by atoms with Crippen LogP contribution in [0.25, 0.3) is 0 Å². The Hall–Kier alpha value is -1.88. The Morgan fingerprint density at radius 1 is 0.691 bits per heavy atom. The predicted octanol–water partition coefficient (Wildman–Crippen LogP) is 18.0. The van der Waals surface area contributed by atoms with Gasteiger partial charge in [0, 0.05) is 6.42 Å². The Kier molecular flexibility index (Phi) is 72.5. The topological polar surface area (TPSA) is 62.5 Å². The molecule has 0 radical (unpaired) electrons. The molecule has 0 aliphatic carbocycles. The second-order valence-electron chi connectivity index (χ2n) is 13.1. The van der Waals surface area contributed by atoms with Crippen LogP contribution in [0.3, 0.4) is 0 Å². The maximum atomic E-state index is 10.7. The Bertz CT molecular complexity index is 898. The molecule has 1 N–H and O–H groups in total. The van der Waals surface area contributed by atoms with Gasteiger partial charge in [-0.3, -0.25) is 5.41 Å². The van der Waals surface area contributed by atoms with Crippen molar-refractivity contribution >= 4 is 30.2 Å².